The second-order valence-corrected chi connectivity index (χ2v) is 10.5. The fourth-order valence-corrected chi connectivity index (χ4v) is 5.61. The highest BCUT2D eigenvalue weighted by molar-refractivity contribution is 6.12. The monoisotopic (exact) mass is 547 g/mol. The molecule has 0 unspecified atom stereocenters. The molecule has 4 heterocycles. The molecular weight excluding hydrogens is 510 g/mol. The number of carbonyl (C=O) groups excluding carboxylic acids is 3. The number of benzene rings is 1. The zero-order chi connectivity index (χ0) is 28.1. The smallest absolute Gasteiger partial charge is 0.356 e. The molecule has 2 saturated heterocycles. The van der Waals surface area contributed by atoms with Crippen LogP contribution in [0.1, 0.15) is 55.1 Å². The summed E-state index contributed by atoms with van der Waals surface area (Å²) in [6.07, 6.45) is 5.93. The number of pyridine rings is 1. The summed E-state index contributed by atoms with van der Waals surface area (Å²) < 4.78 is 12.6. The number of nitrogens with zero attached hydrogens (tertiary/aromatic N) is 3. The van der Waals surface area contributed by atoms with Gasteiger partial charge in [-0.25, -0.2) is 9.78 Å². The van der Waals surface area contributed by atoms with Crippen LogP contribution >= 0.6 is 0 Å². The van der Waals surface area contributed by atoms with Gasteiger partial charge in [-0.05, 0) is 50.2 Å². The molecule has 0 radical (unpaired) electrons. The second-order valence-electron chi connectivity index (χ2n) is 10.5. The number of piperidine rings is 1. The van der Waals surface area contributed by atoms with Gasteiger partial charge in [0.2, 0.25) is 5.91 Å². The third-order valence-corrected chi connectivity index (χ3v) is 7.75. The summed E-state index contributed by atoms with van der Waals surface area (Å²) in [5, 5.41) is 7.20. The number of ether oxygens (including phenoxy) is 2. The van der Waals surface area contributed by atoms with Gasteiger partial charge in [-0.3, -0.25) is 9.59 Å². The molecule has 2 amide bonds. The van der Waals surface area contributed by atoms with Gasteiger partial charge >= 0.3 is 5.97 Å². The van der Waals surface area contributed by atoms with Crippen LogP contribution in [0.4, 0.5) is 11.4 Å². The number of amides is 2. The molecule has 2 N–H and O–H groups in total. The van der Waals surface area contributed by atoms with E-state index in [9.17, 15) is 14.4 Å². The van der Waals surface area contributed by atoms with Crippen molar-refractivity contribution in [1.82, 2.24) is 14.5 Å². The number of hydrogen-bond acceptors (Lipinski definition) is 7. The van der Waals surface area contributed by atoms with Crippen molar-refractivity contribution in [2.75, 3.05) is 37.4 Å². The average molecular weight is 548 g/mol. The summed E-state index contributed by atoms with van der Waals surface area (Å²) in [6, 6.07) is 12.3. The predicted octanol–water partition coefficient (Wildman–Crippen LogP) is 4.00. The van der Waals surface area contributed by atoms with Crippen molar-refractivity contribution in [2.45, 2.75) is 64.1 Å². The van der Waals surface area contributed by atoms with E-state index >= 15 is 0 Å². The maximum absolute atomic E-state index is 13.2. The highest BCUT2D eigenvalue weighted by Gasteiger charge is 2.30. The maximum Gasteiger partial charge on any atom is 0.356 e. The first-order valence-electron chi connectivity index (χ1n) is 14.0. The Balaban J connectivity index is 1.46. The van der Waals surface area contributed by atoms with Gasteiger partial charge in [0, 0.05) is 44.6 Å². The molecule has 5 rings (SSSR count). The second kappa shape index (κ2) is 12.5. The molecule has 2 aromatic heterocycles. The number of likely N-dealkylation sites (tertiary alicyclic amines) is 1. The van der Waals surface area contributed by atoms with Crippen LogP contribution in [0, 0.1) is 0 Å². The summed E-state index contributed by atoms with van der Waals surface area (Å²) >= 11 is 0. The Kier molecular flexibility index (Phi) is 8.64. The van der Waals surface area contributed by atoms with E-state index in [1.54, 1.807) is 13.1 Å². The topological polar surface area (TPSA) is 115 Å². The molecule has 40 heavy (non-hydrogen) atoms. The fourth-order valence-electron chi connectivity index (χ4n) is 5.61. The van der Waals surface area contributed by atoms with Gasteiger partial charge in [-0.1, -0.05) is 30.3 Å². The quantitative estimate of drug-likeness (QED) is 0.389. The van der Waals surface area contributed by atoms with Crippen molar-refractivity contribution in [3.05, 3.63) is 53.9 Å². The van der Waals surface area contributed by atoms with E-state index in [0.717, 1.165) is 37.8 Å². The maximum atomic E-state index is 13.2. The zero-order valence-corrected chi connectivity index (χ0v) is 23.2. The Morgan fingerprint density at radius 3 is 2.58 bits per heavy atom. The van der Waals surface area contributed by atoms with Crippen LogP contribution < -0.4 is 10.6 Å². The number of aryl methyl sites for hydroxylation is 2. The number of rotatable bonds is 9. The summed E-state index contributed by atoms with van der Waals surface area (Å²) in [7, 11) is 1.34. The molecule has 1 atom stereocenters. The number of methoxy groups -OCH3 is 1. The molecule has 10 heteroatoms. The molecule has 1 aromatic carbocycles. The van der Waals surface area contributed by atoms with Crippen molar-refractivity contribution in [3.8, 4) is 0 Å². The highest BCUT2D eigenvalue weighted by atomic mass is 16.5. The lowest BCUT2D eigenvalue weighted by Gasteiger charge is -2.32. The summed E-state index contributed by atoms with van der Waals surface area (Å²) in [5.41, 5.74) is 3.27. The number of fused-ring (bicyclic) bond motifs is 1. The van der Waals surface area contributed by atoms with Gasteiger partial charge in [0.1, 0.15) is 11.8 Å². The van der Waals surface area contributed by atoms with E-state index in [2.05, 4.69) is 22.8 Å². The van der Waals surface area contributed by atoms with E-state index in [1.807, 2.05) is 33.7 Å². The summed E-state index contributed by atoms with van der Waals surface area (Å²) in [5.74, 6) is -0.718. The van der Waals surface area contributed by atoms with Crippen LogP contribution in [0.15, 0.2) is 42.6 Å². The van der Waals surface area contributed by atoms with Gasteiger partial charge in [0.05, 0.1) is 24.7 Å². The number of esters is 1. The highest BCUT2D eigenvalue weighted by Crippen LogP contribution is 2.34. The Morgan fingerprint density at radius 2 is 1.90 bits per heavy atom. The number of aromatic nitrogens is 2. The Bertz CT molecular complexity index is 1360. The molecule has 10 nitrogen and oxygen atoms in total. The summed E-state index contributed by atoms with van der Waals surface area (Å²) in [4.78, 5) is 44.6. The summed E-state index contributed by atoms with van der Waals surface area (Å²) in [6.45, 7) is 4.07. The lowest BCUT2D eigenvalue weighted by molar-refractivity contribution is -0.129. The molecule has 0 spiro atoms. The van der Waals surface area contributed by atoms with Crippen molar-refractivity contribution in [1.29, 1.82) is 0 Å². The molecule has 2 aliphatic heterocycles. The van der Waals surface area contributed by atoms with E-state index in [4.69, 9.17) is 14.5 Å². The Hall–Kier alpha value is -3.92. The van der Waals surface area contributed by atoms with Crippen molar-refractivity contribution >= 4 is 40.2 Å². The molecule has 2 aliphatic rings. The van der Waals surface area contributed by atoms with Crippen LogP contribution in [-0.4, -0.2) is 71.2 Å². The van der Waals surface area contributed by atoms with Crippen LogP contribution in [0.3, 0.4) is 0 Å². The number of anilines is 2. The minimum Gasteiger partial charge on any atom is -0.464 e. The van der Waals surface area contributed by atoms with Crippen LogP contribution in [0.2, 0.25) is 0 Å². The zero-order valence-electron chi connectivity index (χ0n) is 23.2. The largest absolute Gasteiger partial charge is 0.464 e. The molecular formula is C30H37N5O5. The average Bonchev–Trinajstić information content (AvgIpc) is 3.61. The first-order chi connectivity index (χ1) is 19.4. The normalized spacial score (nSPS) is 17.6. The standard InChI is InChI=1S/C30H37N5O5/c1-20(36)34-15-12-22(13-16-34)32-23-18-24-26(33-29(37)25-11-7-17-40-25)27(30(38)39-2)35(28(24)31-19-23)14-6-10-21-8-4-3-5-9-21/h3-5,8-9,18-19,22,25,32H,6-7,10-17H2,1-2H3,(H,33,37)/t25-/m0/s1. The van der Waals surface area contributed by atoms with Crippen LogP contribution in [0.5, 0.6) is 0 Å². The van der Waals surface area contributed by atoms with E-state index in [-0.39, 0.29) is 23.6 Å². The molecule has 0 saturated carbocycles. The number of nitrogens with one attached hydrogen (secondary N) is 2. The van der Waals surface area contributed by atoms with E-state index < -0.39 is 12.1 Å². The first kappa shape index (κ1) is 27.6. The lowest BCUT2D eigenvalue weighted by atomic mass is 10.0. The predicted molar refractivity (Wildman–Crippen MR) is 152 cm³/mol. The number of hydrogen-bond donors (Lipinski definition) is 2. The van der Waals surface area contributed by atoms with Crippen LogP contribution in [-0.2, 0) is 32.0 Å². The Morgan fingerprint density at radius 1 is 1.12 bits per heavy atom. The van der Waals surface area contributed by atoms with Crippen molar-refractivity contribution in [3.63, 3.8) is 0 Å². The van der Waals surface area contributed by atoms with Gasteiger partial charge < -0.3 is 29.6 Å². The molecule has 3 aromatic rings. The minimum absolute atomic E-state index is 0.0945. The van der Waals surface area contributed by atoms with Crippen molar-refractivity contribution < 1.29 is 23.9 Å². The van der Waals surface area contributed by atoms with Gasteiger partial charge in [0.25, 0.3) is 5.91 Å². The lowest BCUT2D eigenvalue weighted by Crippen LogP contribution is -2.41. The van der Waals surface area contributed by atoms with E-state index in [0.29, 0.717) is 49.4 Å². The molecule has 0 aliphatic carbocycles. The molecule has 212 valence electrons. The van der Waals surface area contributed by atoms with Gasteiger partial charge in [0.15, 0.2) is 5.69 Å². The number of carbonyl (C=O) groups is 3. The molecule has 0 bridgehead atoms. The van der Waals surface area contributed by atoms with Crippen molar-refractivity contribution in [2.24, 2.45) is 0 Å². The Labute approximate surface area is 234 Å². The third kappa shape index (κ3) is 6.12. The fraction of sp³-hybridized carbons (Fsp3) is 0.467. The van der Waals surface area contributed by atoms with E-state index in [1.165, 1.54) is 12.7 Å². The molecule has 2 fully saturated rings. The SMILES string of the molecule is COC(=O)c1c(NC(=O)[C@@H]2CCCO2)c2cc(NC3CCN(C(C)=O)CC3)cnc2n1CCCc1ccccc1. The first-order valence-corrected chi connectivity index (χ1v) is 14.0. The van der Waals surface area contributed by atoms with Gasteiger partial charge in [-0.15, -0.1) is 0 Å². The van der Waals surface area contributed by atoms with Crippen LogP contribution in [0.25, 0.3) is 11.0 Å². The third-order valence-electron chi connectivity index (χ3n) is 7.75. The van der Waals surface area contributed by atoms with Gasteiger partial charge in [-0.2, -0.15) is 0 Å². The minimum atomic E-state index is -0.553.